The third kappa shape index (κ3) is 6.62. The Hall–Kier alpha value is -5.90. The average Bonchev–Trinajstić information content (AvgIpc) is 3.70. The largest absolute Gasteiger partial charge is 0.398 e. The molecule has 2 aliphatic rings. The topological polar surface area (TPSA) is 64.1 Å². The minimum atomic E-state index is 0.735. The van der Waals surface area contributed by atoms with Gasteiger partial charge < -0.3 is 11.2 Å². The zero-order chi connectivity index (χ0) is 33.7. The van der Waals surface area contributed by atoms with Gasteiger partial charge in [0.1, 0.15) is 0 Å². The van der Waals surface area contributed by atoms with Crippen LogP contribution >= 0.6 is 0 Å². The number of hydrazine groups is 1. The number of nitrogens with one attached hydrogen (secondary N) is 1. The first kappa shape index (κ1) is 31.7. The molecule has 0 heterocycles. The van der Waals surface area contributed by atoms with E-state index in [1.54, 1.807) is 6.08 Å². The highest BCUT2D eigenvalue weighted by atomic mass is 15.2. The van der Waals surface area contributed by atoms with Crippen molar-refractivity contribution in [2.45, 2.75) is 26.2 Å². The van der Waals surface area contributed by atoms with Crippen LogP contribution in [0.2, 0.25) is 0 Å². The summed E-state index contributed by atoms with van der Waals surface area (Å²) >= 11 is 0. The lowest BCUT2D eigenvalue weighted by Gasteiger charge is -2.14. The molecule has 0 aliphatic heterocycles. The number of fused-ring (bicyclic) bond motifs is 6. The number of nitrogen functional groups attached to an aromatic ring is 2. The van der Waals surface area contributed by atoms with Crippen molar-refractivity contribution in [1.29, 1.82) is 0 Å². The Morgan fingerprint density at radius 3 is 1.82 bits per heavy atom. The number of hydrogen-bond acceptors (Lipinski definition) is 3. The molecular weight excluding hydrogens is 595 g/mol. The number of rotatable bonds is 7. The Bertz CT molecular complexity index is 2240. The smallest absolute Gasteiger partial charge is 0.0564 e. The maximum atomic E-state index is 6.22. The summed E-state index contributed by atoms with van der Waals surface area (Å²) < 4.78 is 0. The third-order valence-electron chi connectivity index (χ3n) is 9.53. The van der Waals surface area contributed by atoms with E-state index in [1.165, 1.54) is 61.2 Å². The molecule has 3 heteroatoms. The molecule has 0 atom stereocenters. The van der Waals surface area contributed by atoms with Crippen LogP contribution in [-0.2, 0) is 19.3 Å². The summed E-state index contributed by atoms with van der Waals surface area (Å²) in [6.45, 7) is 5.86. The van der Waals surface area contributed by atoms with Crippen molar-refractivity contribution in [3.05, 3.63) is 192 Å². The van der Waals surface area contributed by atoms with Gasteiger partial charge in [-0.3, -0.25) is 5.84 Å². The van der Waals surface area contributed by atoms with E-state index < -0.39 is 0 Å². The zero-order valence-corrected chi connectivity index (χ0v) is 27.9. The van der Waals surface area contributed by atoms with Crippen molar-refractivity contribution in [3.8, 4) is 44.5 Å². The Kier molecular flexibility index (Phi) is 9.10. The van der Waals surface area contributed by atoms with Crippen LogP contribution in [0.3, 0.4) is 0 Å². The molecule has 8 rings (SSSR count). The van der Waals surface area contributed by atoms with Gasteiger partial charge in [-0.25, -0.2) is 0 Å². The van der Waals surface area contributed by atoms with E-state index >= 15 is 0 Å². The molecule has 49 heavy (non-hydrogen) atoms. The molecule has 6 aromatic carbocycles. The molecule has 6 aromatic rings. The molecule has 0 spiro atoms. The molecular formula is C46H41N3. The van der Waals surface area contributed by atoms with Crippen molar-refractivity contribution in [2.75, 3.05) is 11.2 Å². The molecule has 0 saturated carbocycles. The van der Waals surface area contributed by atoms with Gasteiger partial charge in [0.05, 0.1) is 5.69 Å². The molecule has 240 valence electrons. The first-order valence-corrected chi connectivity index (χ1v) is 16.8. The third-order valence-corrected chi connectivity index (χ3v) is 9.53. The highest BCUT2D eigenvalue weighted by Gasteiger charge is 2.19. The van der Waals surface area contributed by atoms with Crippen LogP contribution in [0.15, 0.2) is 164 Å². The van der Waals surface area contributed by atoms with Crippen LogP contribution in [0.4, 0.5) is 11.4 Å². The number of anilines is 2. The minimum Gasteiger partial charge on any atom is -0.398 e. The summed E-state index contributed by atoms with van der Waals surface area (Å²) in [5, 5.41) is 0. The summed E-state index contributed by atoms with van der Waals surface area (Å²) in [5.41, 5.74) is 28.8. The van der Waals surface area contributed by atoms with E-state index in [0.29, 0.717) is 0 Å². The maximum absolute atomic E-state index is 6.22. The summed E-state index contributed by atoms with van der Waals surface area (Å²) in [5.74, 6) is 5.76. The van der Waals surface area contributed by atoms with Gasteiger partial charge in [-0.2, -0.15) is 0 Å². The summed E-state index contributed by atoms with van der Waals surface area (Å²) in [7, 11) is 0. The van der Waals surface area contributed by atoms with Crippen LogP contribution in [0.25, 0.3) is 44.5 Å². The summed E-state index contributed by atoms with van der Waals surface area (Å²) in [6.07, 6.45) is 11.0. The van der Waals surface area contributed by atoms with Gasteiger partial charge in [0.25, 0.3) is 0 Å². The minimum absolute atomic E-state index is 0.735. The second kappa shape index (κ2) is 14.1. The van der Waals surface area contributed by atoms with E-state index in [0.717, 1.165) is 47.3 Å². The average molecular weight is 636 g/mol. The zero-order valence-electron chi connectivity index (χ0n) is 27.9. The summed E-state index contributed by atoms with van der Waals surface area (Å²) in [4.78, 5) is 0. The lowest BCUT2D eigenvalue weighted by Crippen LogP contribution is -2.08. The number of nitrogens with two attached hydrogens (primary N) is 2. The Morgan fingerprint density at radius 1 is 0.612 bits per heavy atom. The van der Waals surface area contributed by atoms with Crippen molar-refractivity contribution >= 4 is 11.4 Å². The van der Waals surface area contributed by atoms with Gasteiger partial charge in [-0.05, 0) is 112 Å². The first-order chi connectivity index (χ1) is 24.0. The Labute approximate surface area is 289 Å². The quantitative estimate of drug-likeness (QED) is 0.0707. The van der Waals surface area contributed by atoms with E-state index in [2.05, 4.69) is 122 Å². The number of allylic oxidation sites excluding steroid dienone is 5. The maximum Gasteiger partial charge on any atom is 0.0564 e. The van der Waals surface area contributed by atoms with Crippen LogP contribution in [0, 0.1) is 0 Å². The predicted octanol–water partition coefficient (Wildman–Crippen LogP) is 10.9. The normalized spacial score (nSPS) is 12.4. The fraction of sp³-hybridized carbons (Fsp3) is 0.0870. The molecule has 0 bridgehead atoms. The SMILES string of the molecule is C=C/C=C\C=C(/C)Cc1ccc2c(c1)-c1ccccc1C2.NNc1ccc(-c2ccc3c(c2)-c2ccccc2C3)cc1-c1ccccc1N. The fourth-order valence-corrected chi connectivity index (χ4v) is 7.08. The highest BCUT2D eigenvalue weighted by molar-refractivity contribution is 5.89. The predicted molar refractivity (Wildman–Crippen MR) is 209 cm³/mol. The van der Waals surface area contributed by atoms with Gasteiger partial charge in [0.15, 0.2) is 0 Å². The monoisotopic (exact) mass is 635 g/mol. The number of hydrogen-bond donors (Lipinski definition) is 3. The molecule has 0 radical (unpaired) electrons. The van der Waals surface area contributed by atoms with Crippen LogP contribution in [0.5, 0.6) is 0 Å². The van der Waals surface area contributed by atoms with E-state index in [9.17, 15) is 0 Å². The van der Waals surface area contributed by atoms with Crippen molar-refractivity contribution in [2.24, 2.45) is 5.84 Å². The van der Waals surface area contributed by atoms with Crippen LogP contribution < -0.4 is 17.0 Å². The van der Waals surface area contributed by atoms with Crippen LogP contribution in [0.1, 0.15) is 34.7 Å². The van der Waals surface area contributed by atoms with Crippen molar-refractivity contribution in [1.82, 2.24) is 0 Å². The van der Waals surface area contributed by atoms with Crippen molar-refractivity contribution < 1.29 is 0 Å². The second-order valence-corrected chi connectivity index (χ2v) is 12.8. The first-order valence-electron chi connectivity index (χ1n) is 16.8. The van der Waals surface area contributed by atoms with Gasteiger partial charge in [-0.1, -0.05) is 140 Å². The van der Waals surface area contributed by atoms with E-state index in [-0.39, 0.29) is 0 Å². The fourth-order valence-electron chi connectivity index (χ4n) is 7.08. The van der Waals surface area contributed by atoms with Gasteiger partial charge in [0, 0.05) is 16.8 Å². The second-order valence-electron chi connectivity index (χ2n) is 12.8. The van der Waals surface area contributed by atoms with Gasteiger partial charge >= 0.3 is 0 Å². The molecule has 2 aliphatic carbocycles. The van der Waals surface area contributed by atoms with E-state index in [1.807, 2.05) is 42.5 Å². The highest BCUT2D eigenvalue weighted by Crippen LogP contribution is 2.41. The van der Waals surface area contributed by atoms with Crippen molar-refractivity contribution in [3.63, 3.8) is 0 Å². The van der Waals surface area contributed by atoms with E-state index in [4.69, 9.17) is 11.6 Å². The number of benzene rings is 6. The lowest BCUT2D eigenvalue weighted by molar-refractivity contribution is 1.14. The number of para-hydroxylation sites is 1. The molecule has 0 saturated heterocycles. The van der Waals surface area contributed by atoms with Gasteiger partial charge in [0.2, 0.25) is 0 Å². The molecule has 3 nitrogen and oxygen atoms in total. The molecule has 5 N–H and O–H groups in total. The molecule has 0 fully saturated rings. The Morgan fingerprint density at radius 2 is 1.16 bits per heavy atom. The lowest BCUT2D eigenvalue weighted by atomic mass is 9.94. The summed E-state index contributed by atoms with van der Waals surface area (Å²) in [6, 6.07) is 45.2. The van der Waals surface area contributed by atoms with Gasteiger partial charge in [-0.15, -0.1) is 0 Å². The Balaban J connectivity index is 0.000000161. The van der Waals surface area contributed by atoms with Crippen LogP contribution in [-0.4, -0.2) is 0 Å². The standard InChI is InChI=1S/C25H21N3.C21H20/c26-24-8-4-3-7-21(24)23-15-17(11-12-25(23)28-27)16-9-10-19-13-18-5-1-2-6-20(18)22(19)14-16;1-3-4-5-8-16(2)13-17-11-12-19-15-18-9-6-7-10-20(18)21(19)14-17/h1-12,14-15,28H,13,26-27H2;3-12,14H,1,13,15H2,2H3/b;5-4-,16-8+. The molecule has 0 aromatic heterocycles. The molecule has 0 amide bonds. The molecule has 0 unspecified atom stereocenters.